The topological polar surface area (TPSA) is 22.0 Å². The number of aldehydes is 1. The third-order valence-electron chi connectivity index (χ3n) is 3.38. The average molecular weight is 223 g/mol. The summed E-state index contributed by atoms with van der Waals surface area (Å²) in [5.74, 6) is 0. The fraction of sp³-hybridized carbons (Fsp3) is 0.133. The SMILES string of the molecule is C=Cn1c(C=O)cc2c1-c1ccccc1CC2. The van der Waals surface area contributed by atoms with E-state index in [1.807, 2.05) is 16.7 Å². The van der Waals surface area contributed by atoms with Gasteiger partial charge in [0.05, 0.1) is 11.4 Å². The molecule has 1 heterocycles. The summed E-state index contributed by atoms with van der Waals surface area (Å²) in [5.41, 5.74) is 5.62. The molecule has 1 aliphatic carbocycles. The zero-order chi connectivity index (χ0) is 11.8. The number of aryl methyl sites for hydroxylation is 2. The van der Waals surface area contributed by atoms with Crippen LogP contribution < -0.4 is 0 Å². The Bertz CT molecular complexity index is 607. The van der Waals surface area contributed by atoms with E-state index in [-0.39, 0.29) is 0 Å². The van der Waals surface area contributed by atoms with Crippen LogP contribution >= 0.6 is 0 Å². The molecule has 2 heteroatoms. The molecule has 84 valence electrons. The van der Waals surface area contributed by atoms with E-state index in [4.69, 9.17) is 0 Å². The van der Waals surface area contributed by atoms with Gasteiger partial charge in [0.25, 0.3) is 0 Å². The molecule has 17 heavy (non-hydrogen) atoms. The Morgan fingerprint density at radius 2 is 1.94 bits per heavy atom. The van der Waals surface area contributed by atoms with Crippen molar-refractivity contribution in [3.8, 4) is 11.3 Å². The first-order valence-electron chi connectivity index (χ1n) is 5.75. The standard InChI is InChI=1S/C15H13NO/c1-2-16-13(10-17)9-12-8-7-11-5-3-4-6-14(11)15(12)16/h2-6,9-10H,1,7-8H2. The summed E-state index contributed by atoms with van der Waals surface area (Å²) in [6.45, 7) is 3.80. The third-order valence-corrected chi connectivity index (χ3v) is 3.38. The summed E-state index contributed by atoms with van der Waals surface area (Å²) in [6.07, 6.45) is 4.64. The van der Waals surface area contributed by atoms with Crippen LogP contribution in [0.15, 0.2) is 36.9 Å². The van der Waals surface area contributed by atoms with Crippen LogP contribution in [0.3, 0.4) is 0 Å². The van der Waals surface area contributed by atoms with Crippen LogP contribution in [0, 0.1) is 0 Å². The monoisotopic (exact) mass is 223 g/mol. The number of benzene rings is 1. The van der Waals surface area contributed by atoms with Gasteiger partial charge in [-0.2, -0.15) is 0 Å². The highest BCUT2D eigenvalue weighted by Gasteiger charge is 2.21. The summed E-state index contributed by atoms with van der Waals surface area (Å²) >= 11 is 0. The first kappa shape index (κ1) is 10.1. The number of rotatable bonds is 2. The van der Waals surface area contributed by atoms with Crippen LogP contribution in [0.25, 0.3) is 17.5 Å². The highest BCUT2D eigenvalue weighted by atomic mass is 16.1. The molecule has 0 saturated carbocycles. The Balaban J connectivity index is 2.34. The molecule has 1 aromatic carbocycles. The third kappa shape index (κ3) is 1.37. The Morgan fingerprint density at radius 3 is 2.71 bits per heavy atom. The van der Waals surface area contributed by atoms with Gasteiger partial charge in [-0.1, -0.05) is 30.8 Å². The van der Waals surface area contributed by atoms with Crippen LogP contribution in [0.4, 0.5) is 0 Å². The maximum Gasteiger partial charge on any atom is 0.166 e. The van der Waals surface area contributed by atoms with Crippen molar-refractivity contribution in [2.75, 3.05) is 0 Å². The van der Waals surface area contributed by atoms with Gasteiger partial charge in [0, 0.05) is 11.8 Å². The van der Waals surface area contributed by atoms with Crippen LogP contribution in [0.2, 0.25) is 0 Å². The predicted molar refractivity (Wildman–Crippen MR) is 69.1 cm³/mol. The van der Waals surface area contributed by atoms with Crippen molar-refractivity contribution >= 4 is 12.5 Å². The van der Waals surface area contributed by atoms with Crippen molar-refractivity contribution in [1.82, 2.24) is 4.57 Å². The number of carbonyl (C=O) groups is 1. The van der Waals surface area contributed by atoms with Gasteiger partial charge in [0.2, 0.25) is 0 Å². The number of fused-ring (bicyclic) bond motifs is 3. The van der Waals surface area contributed by atoms with E-state index >= 15 is 0 Å². The molecule has 2 nitrogen and oxygen atoms in total. The Labute approximate surface area is 100 Å². The maximum atomic E-state index is 11.0. The van der Waals surface area contributed by atoms with Gasteiger partial charge in [-0.3, -0.25) is 4.79 Å². The van der Waals surface area contributed by atoms with Crippen molar-refractivity contribution in [3.63, 3.8) is 0 Å². The maximum absolute atomic E-state index is 11.0. The van der Waals surface area contributed by atoms with Gasteiger partial charge in [-0.05, 0) is 30.0 Å². The lowest BCUT2D eigenvalue weighted by atomic mass is 9.90. The largest absolute Gasteiger partial charge is 0.314 e. The smallest absolute Gasteiger partial charge is 0.166 e. The number of nitrogens with zero attached hydrogens (tertiary/aromatic N) is 1. The molecule has 0 amide bonds. The number of aromatic nitrogens is 1. The van der Waals surface area contributed by atoms with Crippen LogP contribution in [0.1, 0.15) is 21.6 Å². The van der Waals surface area contributed by atoms with Gasteiger partial charge >= 0.3 is 0 Å². The molecule has 0 N–H and O–H groups in total. The first-order valence-corrected chi connectivity index (χ1v) is 5.75. The minimum atomic E-state index is 0.682. The predicted octanol–water partition coefficient (Wildman–Crippen LogP) is 3.17. The van der Waals surface area contributed by atoms with E-state index in [9.17, 15) is 4.79 Å². The molecule has 0 atom stereocenters. The van der Waals surface area contributed by atoms with E-state index in [1.54, 1.807) is 6.20 Å². The van der Waals surface area contributed by atoms with Crippen molar-refractivity contribution in [1.29, 1.82) is 0 Å². The quantitative estimate of drug-likeness (QED) is 0.717. The zero-order valence-electron chi connectivity index (χ0n) is 9.52. The number of hydrogen-bond acceptors (Lipinski definition) is 1. The molecule has 0 saturated heterocycles. The molecule has 0 radical (unpaired) electrons. The fourth-order valence-corrected chi connectivity index (χ4v) is 2.62. The lowest BCUT2D eigenvalue weighted by Gasteiger charge is -2.18. The van der Waals surface area contributed by atoms with Crippen molar-refractivity contribution in [2.45, 2.75) is 12.8 Å². The molecule has 2 aromatic rings. The van der Waals surface area contributed by atoms with E-state index in [0.29, 0.717) is 5.69 Å². The summed E-state index contributed by atoms with van der Waals surface area (Å²) in [4.78, 5) is 11.0. The lowest BCUT2D eigenvalue weighted by molar-refractivity contribution is 0.111. The first-order chi connectivity index (χ1) is 8.35. The number of hydrogen-bond donors (Lipinski definition) is 0. The summed E-state index contributed by atoms with van der Waals surface area (Å²) in [5, 5.41) is 0. The minimum absolute atomic E-state index is 0.682. The molecule has 0 spiro atoms. The van der Waals surface area contributed by atoms with Crippen molar-refractivity contribution in [2.24, 2.45) is 0 Å². The van der Waals surface area contributed by atoms with Crippen LogP contribution in [0.5, 0.6) is 0 Å². The summed E-state index contributed by atoms with van der Waals surface area (Å²) in [7, 11) is 0. The van der Waals surface area contributed by atoms with Gasteiger partial charge < -0.3 is 4.57 Å². The van der Waals surface area contributed by atoms with E-state index < -0.39 is 0 Å². The van der Waals surface area contributed by atoms with E-state index in [1.165, 1.54) is 16.7 Å². The highest BCUT2D eigenvalue weighted by molar-refractivity contribution is 5.82. The van der Waals surface area contributed by atoms with Crippen LogP contribution in [-0.4, -0.2) is 10.9 Å². The van der Waals surface area contributed by atoms with E-state index in [2.05, 4.69) is 24.8 Å². The zero-order valence-corrected chi connectivity index (χ0v) is 9.52. The molecule has 1 aliphatic rings. The van der Waals surface area contributed by atoms with Crippen molar-refractivity contribution in [3.05, 3.63) is 53.7 Å². The number of carbonyl (C=O) groups excluding carboxylic acids is 1. The van der Waals surface area contributed by atoms with Gasteiger partial charge in [-0.25, -0.2) is 0 Å². The average Bonchev–Trinajstić information content (AvgIpc) is 2.76. The molecule has 1 aromatic heterocycles. The van der Waals surface area contributed by atoms with Gasteiger partial charge in [0.15, 0.2) is 6.29 Å². The molecular formula is C15H13NO. The summed E-state index contributed by atoms with van der Waals surface area (Å²) in [6, 6.07) is 10.3. The van der Waals surface area contributed by atoms with E-state index in [0.717, 1.165) is 24.8 Å². The van der Waals surface area contributed by atoms with Gasteiger partial charge in [0.1, 0.15) is 0 Å². The normalized spacial score (nSPS) is 12.7. The molecule has 0 fully saturated rings. The fourth-order valence-electron chi connectivity index (χ4n) is 2.62. The van der Waals surface area contributed by atoms with Gasteiger partial charge in [-0.15, -0.1) is 0 Å². The Kier molecular flexibility index (Phi) is 2.22. The van der Waals surface area contributed by atoms with Crippen LogP contribution in [-0.2, 0) is 12.8 Å². The lowest BCUT2D eigenvalue weighted by Crippen LogP contribution is -2.05. The van der Waals surface area contributed by atoms with Crippen molar-refractivity contribution < 1.29 is 4.79 Å². The minimum Gasteiger partial charge on any atom is -0.314 e. The second kappa shape index (κ2) is 3.74. The highest BCUT2D eigenvalue weighted by Crippen LogP contribution is 2.35. The second-order valence-electron chi connectivity index (χ2n) is 4.27. The Morgan fingerprint density at radius 1 is 1.18 bits per heavy atom. The molecule has 3 rings (SSSR count). The molecular weight excluding hydrogens is 210 g/mol. The molecule has 0 aliphatic heterocycles. The molecule has 0 bridgehead atoms. The second-order valence-corrected chi connectivity index (χ2v) is 4.27. The Hall–Kier alpha value is -2.09. The molecule has 0 unspecified atom stereocenters. The summed E-state index contributed by atoms with van der Waals surface area (Å²) < 4.78 is 1.89.